The molecule has 1 aromatic carbocycles. The van der Waals surface area contributed by atoms with Gasteiger partial charge in [-0.3, -0.25) is 4.79 Å². The Morgan fingerprint density at radius 2 is 1.95 bits per heavy atom. The second-order valence-electron chi connectivity index (χ2n) is 5.36. The van der Waals surface area contributed by atoms with E-state index in [1.54, 1.807) is 30.3 Å². The van der Waals surface area contributed by atoms with Crippen molar-refractivity contribution < 1.29 is 13.2 Å². The van der Waals surface area contributed by atoms with Gasteiger partial charge in [0.1, 0.15) is 0 Å². The van der Waals surface area contributed by atoms with E-state index in [-0.39, 0.29) is 11.3 Å². The van der Waals surface area contributed by atoms with Gasteiger partial charge in [-0.1, -0.05) is 18.2 Å². The number of nitrogens with one attached hydrogen (secondary N) is 1. The lowest BCUT2D eigenvalue weighted by molar-refractivity contribution is -0.119. The second kappa shape index (κ2) is 4.31. The Balaban J connectivity index is 1.83. The molecule has 1 unspecified atom stereocenters. The lowest BCUT2D eigenvalue weighted by atomic mass is 9.86. The number of hydrogen-bond donors (Lipinski definition) is 1. The molecule has 2 heterocycles. The summed E-state index contributed by atoms with van der Waals surface area (Å²) in [5.41, 5.74) is -0.196. The van der Waals surface area contributed by atoms with Crippen LogP contribution in [0.2, 0.25) is 0 Å². The monoisotopic (exact) mass is 280 g/mol. The van der Waals surface area contributed by atoms with Crippen LogP contribution < -0.4 is 5.32 Å². The summed E-state index contributed by atoms with van der Waals surface area (Å²) in [6, 6.07) is 8.46. The average Bonchev–Trinajstić information content (AvgIpc) is 2.98. The molecule has 2 saturated heterocycles. The van der Waals surface area contributed by atoms with E-state index >= 15 is 0 Å². The van der Waals surface area contributed by atoms with E-state index in [1.807, 2.05) is 0 Å². The summed E-state index contributed by atoms with van der Waals surface area (Å²) in [4.78, 5) is 11.7. The molecule has 1 spiro atoms. The lowest BCUT2D eigenvalue weighted by Crippen LogP contribution is -2.33. The standard InChI is InChI=1S/C13H16N2O3S/c16-12-8-13(9-14-12)6-7-15(10-13)19(17,18)11-4-2-1-3-5-11/h1-5H,6-10H2,(H,14,16). The van der Waals surface area contributed by atoms with Crippen molar-refractivity contribution in [3.8, 4) is 0 Å². The first-order valence-corrected chi connectivity index (χ1v) is 7.78. The molecule has 0 radical (unpaired) electrons. The Morgan fingerprint density at radius 3 is 2.58 bits per heavy atom. The third-order valence-electron chi connectivity index (χ3n) is 3.98. The predicted molar refractivity (Wildman–Crippen MR) is 69.9 cm³/mol. The summed E-state index contributed by atoms with van der Waals surface area (Å²) in [6.07, 6.45) is 1.19. The Bertz CT molecular complexity index is 600. The van der Waals surface area contributed by atoms with Gasteiger partial charge in [0.25, 0.3) is 0 Å². The Morgan fingerprint density at radius 1 is 1.21 bits per heavy atom. The van der Waals surface area contributed by atoms with E-state index < -0.39 is 10.0 Å². The van der Waals surface area contributed by atoms with E-state index in [4.69, 9.17) is 0 Å². The number of carbonyl (C=O) groups is 1. The van der Waals surface area contributed by atoms with Crippen molar-refractivity contribution in [3.63, 3.8) is 0 Å². The van der Waals surface area contributed by atoms with Crippen LogP contribution in [0.3, 0.4) is 0 Å². The molecule has 2 fully saturated rings. The summed E-state index contributed by atoms with van der Waals surface area (Å²) in [6.45, 7) is 1.52. The Kier molecular flexibility index (Phi) is 2.87. The average molecular weight is 280 g/mol. The SMILES string of the molecule is O=C1CC2(CCN(S(=O)(=O)c3ccccc3)C2)CN1. The molecule has 0 aliphatic carbocycles. The van der Waals surface area contributed by atoms with Crippen molar-refractivity contribution in [1.29, 1.82) is 0 Å². The smallest absolute Gasteiger partial charge is 0.243 e. The molecule has 1 aromatic rings. The zero-order valence-electron chi connectivity index (χ0n) is 10.5. The van der Waals surface area contributed by atoms with Crippen LogP contribution in [0.4, 0.5) is 0 Å². The van der Waals surface area contributed by atoms with Gasteiger partial charge in [0.05, 0.1) is 4.90 Å². The van der Waals surface area contributed by atoms with E-state index in [2.05, 4.69) is 5.32 Å². The van der Waals surface area contributed by atoms with Crippen LogP contribution >= 0.6 is 0 Å². The van der Waals surface area contributed by atoms with Crippen molar-refractivity contribution >= 4 is 15.9 Å². The van der Waals surface area contributed by atoms with Gasteiger partial charge >= 0.3 is 0 Å². The van der Waals surface area contributed by atoms with Gasteiger partial charge in [0, 0.05) is 31.5 Å². The molecule has 6 heteroatoms. The van der Waals surface area contributed by atoms with Crippen molar-refractivity contribution in [1.82, 2.24) is 9.62 Å². The van der Waals surface area contributed by atoms with Crippen molar-refractivity contribution in [2.24, 2.45) is 5.41 Å². The predicted octanol–water partition coefficient (Wildman–Crippen LogP) is 0.587. The van der Waals surface area contributed by atoms with E-state index in [1.165, 1.54) is 4.31 Å². The van der Waals surface area contributed by atoms with Gasteiger partial charge < -0.3 is 5.32 Å². The zero-order chi connectivity index (χ0) is 13.5. The highest BCUT2D eigenvalue weighted by Crippen LogP contribution is 2.38. The maximum Gasteiger partial charge on any atom is 0.243 e. The molecule has 3 rings (SSSR count). The number of sulfonamides is 1. The zero-order valence-corrected chi connectivity index (χ0v) is 11.3. The lowest BCUT2D eigenvalue weighted by Gasteiger charge is -2.21. The summed E-state index contributed by atoms with van der Waals surface area (Å²) in [5, 5.41) is 2.80. The molecular weight excluding hydrogens is 264 g/mol. The topological polar surface area (TPSA) is 66.5 Å². The van der Waals surface area contributed by atoms with Crippen molar-refractivity contribution in [2.45, 2.75) is 17.7 Å². The molecule has 0 saturated carbocycles. The fraction of sp³-hybridized carbons (Fsp3) is 0.462. The second-order valence-corrected chi connectivity index (χ2v) is 7.29. The molecular formula is C13H16N2O3S. The molecule has 0 bridgehead atoms. The molecule has 1 atom stereocenters. The number of nitrogens with zero attached hydrogens (tertiary/aromatic N) is 1. The minimum atomic E-state index is -3.43. The third-order valence-corrected chi connectivity index (χ3v) is 5.84. The van der Waals surface area contributed by atoms with Crippen molar-refractivity contribution in [2.75, 3.05) is 19.6 Å². The molecule has 5 nitrogen and oxygen atoms in total. The number of carbonyl (C=O) groups excluding carboxylic acids is 1. The van der Waals surface area contributed by atoms with E-state index in [0.717, 1.165) is 6.42 Å². The molecule has 102 valence electrons. The number of hydrogen-bond acceptors (Lipinski definition) is 3. The van der Waals surface area contributed by atoms with Crippen LogP contribution in [-0.2, 0) is 14.8 Å². The van der Waals surface area contributed by atoms with Gasteiger partial charge in [-0.25, -0.2) is 8.42 Å². The highest BCUT2D eigenvalue weighted by Gasteiger charge is 2.47. The highest BCUT2D eigenvalue weighted by molar-refractivity contribution is 7.89. The fourth-order valence-electron chi connectivity index (χ4n) is 2.88. The largest absolute Gasteiger partial charge is 0.355 e. The fourth-order valence-corrected chi connectivity index (χ4v) is 4.46. The van der Waals surface area contributed by atoms with Gasteiger partial charge in [-0.15, -0.1) is 0 Å². The summed E-state index contributed by atoms with van der Waals surface area (Å²) in [5.74, 6) is 0.0268. The first-order valence-electron chi connectivity index (χ1n) is 6.34. The number of rotatable bonds is 2. The molecule has 0 aromatic heterocycles. The molecule has 2 aliphatic heterocycles. The number of amides is 1. The Labute approximate surface area is 112 Å². The summed E-state index contributed by atoms with van der Waals surface area (Å²) >= 11 is 0. The van der Waals surface area contributed by atoms with Gasteiger partial charge in [0.15, 0.2) is 0 Å². The summed E-state index contributed by atoms with van der Waals surface area (Å²) in [7, 11) is -3.43. The molecule has 19 heavy (non-hydrogen) atoms. The quantitative estimate of drug-likeness (QED) is 0.862. The third kappa shape index (κ3) is 2.15. The minimum absolute atomic E-state index is 0.0268. The first kappa shape index (κ1) is 12.6. The van der Waals surface area contributed by atoms with E-state index in [0.29, 0.717) is 31.0 Å². The van der Waals surface area contributed by atoms with E-state index in [9.17, 15) is 13.2 Å². The van der Waals surface area contributed by atoms with Gasteiger partial charge in [-0.2, -0.15) is 4.31 Å². The highest BCUT2D eigenvalue weighted by atomic mass is 32.2. The van der Waals surface area contributed by atoms with Crippen LogP contribution in [0, 0.1) is 5.41 Å². The van der Waals surface area contributed by atoms with Crippen LogP contribution in [0.25, 0.3) is 0 Å². The van der Waals surface area contributed by atoms with Crippen LogP contribution in [-0.4, -0.2) is 38.3 Å². The maximum absolute atomic E-state index is 12.5. The molecule has 1 amide bonds. The van der Waals surface area contributed by atoms with Gasteiger partial charge in [-0.05, 0) is 18.6 Å². The minimum Gasteiger partial charge on any atom is -0.355 e. The Hall–Kier alpha value is -1.40. The maximum atomic E-state index is 12.5. The normalized spacial score (nSPS) is 27.9. The van der Waals surface area contributed by atoms with Crippen LogP contribution in [0.5, 0.6) is 0 Å². The summed E-state index contributed by atoms with van der Waals surface area (Å²) < 4.78 is 26.5. The van der Waals surface area contributed by atoms with Crippen molar-refractivity contribution in [3.05, 3.63) is 30.3 Å². The van der Waals surface area contributed by atoms with Gasteiger partial charge in [0.2, 0.25) is 15.9 Å². The van der Waals surface area contributed by atoms with Crippen LogP contribution in [0.1, 0.15) is 12.8 Å². The van der Waals surface area contributed by atoms with Crippen LogP contribution in [0.15, 0.2) is 35.2 Å². The number of benzene rings is 1. The molecule has 2 aliphatic rings. The first-order chi connectivity index (χ1) is 9.02. The molecule has 1 N–H and O–H groups in total.